The Morgan fingerprint density at radius 1 is 1.21 bits per heavy atom. The number of ether oxygens (including phenoxy) is 1. The van der Waals surface area contributed by atoms with Gasteiger partial charge in [0.25, 0.3) is 0 Å². The van der Waals surface area contributed by atoms with Crippen molar-refractivity contribution in [1.82, 2.24) is 0 Å². The second-order valence-corrected chi connectivity index (χ2v) is 7.15. The summed E-state index contributed by atoms with van der Waals surface area (Å²) in [6, 6.07) is 7.67. The van der Waals surface area contributed by atoms with Gasteiger partial charge in [-0.1, -0.05) is 47.8 Å². The second kappa shape index (κ2) is 8.99. The van der Waals surface area contributed by atoms with E-state index in [0.29, 0.717) is 17.0 Å². The lowest BCUT2D eigenvalue weighted by atomic mass is 10.0. The first-order valence-corrected chi connectivity index (χ1v) is 9.49. The van der Waals surface area contributed by atoms with Crippen molar-refractivity contribution in [1.29, 1.82) is 0 Å². The number of hydrogen-bond donors (Lipinski definition) is 1. The largest absolute Gasteiger partial charge is 0.465 e. The van der Waals surface area contributed by atoms with E-state index < -0.39 is 5.97 Å². The summed E-state index contributed by atoms with van der Waals surface area (Å²) in [5.74, 6) is -0.518. The number of carbonyl (C=O) groups excluding carboxylic acids is 2. The molecule has 0 fully saturated rings. The summed E-state index contributed by atoms with van der Waals surface area (Å²) in [7, 11) is 1.35. The van der Waals surface area contributed by atoms with E-state index in [1.807, 2.05) is 29.6 Å². The number of thiophene rings is 1. The summed E-state index contributed by atoms with van der Waals surface area (Å²) in [5.41, 5.74) is 2.08. The van der Waals surface area contributed by atoms with Crippen LogP contribution in [0.25, 0.3) is 11.1 Å². The third-order valence-corrected chi connectivity index (χ3v) is 5.02. The standard InChI is InChI=1S/C18H20BrNO3S/c1-3-4-5-6-15(21)20-17-16(18(22)23-2)14(11-24-17)12-7-9-13(19)10-8-12/h7-11H,3-6H2,1-2H3,(H,20,21). The fraction of sp³-hybridized carbons (Fsp3) is 0.333. The molecule has 1 N–H and O–H groups in total. The zero-order valence-electron chi connectivity index (χ0n) is 13.7. The smallest absolute Gasteiger partial charge is 0.341 e. The highest BCUT2D eigenvalue weighted by Crippen LogP contribution is 2.36. The van der Waals surface area contributed by atoms with Crippen molar-refractivity contribution >= 4 is 44.1 Å². The molecule has 0 atom stereocenters. The Kier molecular flexibility index (Phi) is 6.99. The molecule has 2 rings (SSSR count). The Morgan fingerprint density at radius 3 is 2.54 bits per heavy atom. The van der Waals surface area contributed by atoms with E-state index in [9.17, 15) is 9.59 Å². The van der Waals surface area contributed by atoms with E-state index in [4.69, 9.17) is 4.74 Å². The number of halogens is 1. The van der Waals surface area contributed by atoms with Crippen molar-refractivity contribution in [2.75, 3.05) is 12.4 Å². The van der Waals surface area contributed by atoms with E-state index in [1.54, 1.807) is 0 Å². The molecule has 0 bridgehead atoms. The van der Waals surface area contributed by atoms with Crippen LogP contribution in [-0.2, 0) is 9.53 Å². The monoisotopic (exact) mass is 409 g/mol. The number of carbonyl (C=O) groups is 2. The molecular formula is C18H20BrNO3S. The first-order valence-electron chi connectivity index (χ1n) is 7.82. The van der Waals surface area contributed by atoms with Gasteiger partial charge < -0.3 is 10.1 Å². The van der Waals surface area contributed by atoms with Crippen molar-refractivity contribution in [3.63, 3.8) is 0 Å². The third-order valence-electron chi connectivity index (χ3n) is 3.60. The molecule has 1 amide bonds. The summed E-state index contributed by atoms with van der Waals surface area (Å²) in [6.07, 6.45) is 3.39. The molecule has 128 valence electrons. The van der Waals surface area contributed by atoms with Gasteiger partial charge in [0.1, 0.15) is 10.6 Å². The van der Waals surface area contributed by atoms with E-state index in [2.05, 4.69) is 28.2 Å². The highest BCUT2D eigenvalue weighted by Gasteiger charge is 2.22. The predicted octanol–water partition coefficient (Wildman–Crippen LogP) is 5.48. The Hall–Kier alpha value is -1.66. The molecule has 0 aliphatic heterocycles. The van der Waals surface area contributed by atoms with Gasteiger partial charge in [0.2, 0.25) is 5.91 Å². The van der Waals surface area contributed by atoms with E-state index in [-0.39, 0.29) is 5.91 Å². The molecule has 0 saturated heterocycles. The minimum absolute atomic E-state index is 0.0715. The Bertz CT molecular complexity index is 710. The van der Waals surface area contributed by atoms with Gasteiger partial charge in [0.05, 0.1) is 7.11 Å². The topological polar surface area (TPSA) is 55.4 Å². The molecule has 0 unspecified atom stereocenters. The van der Waals surface area contributed by atoms with Crippen LogP contribution in [0.4, 0.5) is 5.00 Å². The van der Waals surface area contributed by atoms with E-state index in [1.165, 1.54) is 18.4 Å². The van der Waals surface area contributed by atoms with Crippen molar-refractivity contribution < 1.29 is 14.3 Å². The van der Waals surface area contributed by atoms with Gasteiger partial charge >= 0.3 is 5.97 Å². The summed E-state index contributed by atoms with van der Waals surface area (Å²) in [4.78, 5) is 24.3. The minimum Gasteiger partial charge on any atom is -0.465 e. The summed E-state index contributed by atoms with van der Waals surface area (Å²) >= 11 is 4.74. The highest BCUT2D eigenvalue weighted by atomic mass is 79.9. The summed E-state index contributed by atoms with van der Waals surface area (Å²) in [6.45, 7) is 2.09. The molecule has 1 aromatic heterocycles. The fourth-order valence-electron chi connectivity index (χ4n) is 2.32. The Balaban J connectivity index is 2.27. The number of nitrogens with one attached hydrogen (secondary N) is 1. The molecule has 4 nitrogen and oxygen atoms in total. The summed E-state index contributed by atoms with van der Waals surface area (Å²) in [5, 5.41) is 5.27. The van der Waals surface area contributed by atoms with Crippen LogP contribution in [0.5, 0.6) is 0 Å². The Morgan fingerprint density at radius 2 is 1.92 bits per heavy atom. The van der Waals surface area contributed by atoms with Gasteiger partial charge in [-0.2, -0.15) is 0 Å². The highest BCUT2D eigenvalue weighted by molar-refractivity contribution is 9.10. The van der Waals surface area contributed by atoms with Gasteiger partial charge in [-0.25, -0.2) is 4.79 Å². The first-order chi connectivity index (χ1) is 11.6. The minimum atomic E-state index is -0.446. The van der Waals surface area contributed by atoms with Gasteiger partial charge in [0.15, 0.2) is 0 Å². The van der Waals surface area contributed by atoms with Crippen LogP contribution in [0.2, 0.25) is 0 Å². The molecule has 2 aromatic rings. The van der Waals surface area contributed by atoms with Gasteiger partial charge in [-0.05, 0) is 24.1 Å². The number of hydrogen-bond acceptors (Lipinski definition) is 4. The fourth-order valence-corrected chi connectivity index (χ4v) is 3.56. The number of amides is 1. The molecule has 24 heavy (non-hydrogen) atoms. The van der Waals surface area contributed by atoms with E-state index in [0.717, 1.165) is 34.9 Å². The summed E-state index contributed by atoms with van der Waals surface area (Å²) < 4.78 is 5.87. The number of methoxy groups -OCH3 is 1. The van der Waals surface area contributed by atoms with E-state index >= 15 is 0 Å². The third kappa shape index (κ3) is 4.68. The number of esters is 1. The number of benzene rings is 1. The normalized spacial score (nSPS) is 10.5. The number of rotatable bonds is 7. The average molecular weight is 410 g/mol. The molecule has 0 spiro atoms. The van der Waals surface area contributed by atoms with Crippen LogP contribution in [0.3, 0.4) is 0 Å². The lowest BCUT2D eigenvalue weighted by molar-refractivity contribution is -0.116. The number of unbranched alkanes of at least 4 members (excludes halogenated alkanes) is 2. The van der Waals surface area contributed by atoms with Crippen LogP contribution in [0, 0.1) is 0 Å². The van der Waals surface area contributed by atoms with Crippen LogP contribution < -0.4 is 5.32 Å². The van der Waals surface area contributed by atoms with Crippen LogP contribution in [-0.4, -0.2) is 19.0 Å². The van der Waals surface area contributed by atoms with Crippen LogP contribution in [0.15, 0.2) is 34.1 Å². The van der Waals surface area contributed by atoms with Crippen LogP contribution in [0.1, 0.15) is 43.0 Å². The van der Waals surface area contributed by atoms with Gasteiger partial charge in [-0.15, -0.1) is 11.3 Å². The SMILES string of the molecule is CCCCCC(=O)Nc1scc(-c2ccc(Br)cc2)c1C(=O)OC. The number of anilines is 1. The molecule has 0 radical (unpaired) electrons. The van der Waals surface area contributed by atoms with Crippen molar-refractivity contribution in [2.45, 2.75) is 32.6 Å². The molecule has 1 aromatic carbocycles. The maximum Gasteiger partial charge on any atom is 0.341 e. The second-order valence-electron chi connectivity index (χ2n) is 5.36. The lowest BCUT2D eigenvalue weighted by Gasteiger charge is -2.08. The van der Waals surface area contributed by atoms with Crippen LogP contribution >= 0.6 is 27.3 Å². The maximum atomic E-state index is 12.2. The average Bonchev–Trinajstić information content (AvgIpc) is 2.98. The molecule has 0 saturated carbocycles. The lowest BCUT2D eigenvalue weighted by Crippen LogP contribution is -2.13. The molecule has 0 aliphatic carbocycles. The first kappa shape index (κ1) is 18.7. The quantitative estimate of drug-likeness (QED) is 0.486. The Labute approximate surface area is 154 Å². The van der Waals surface area contributed by atoms with Crippen molar-refractivity contribution in [3.8, 4) is 11.1 Å². The molecular weight excluding hydrogens is 390 g/mol. The zero-order chi connectivity index (χ0) is 17.5. The van der Waals surface area contributed by atoms with Crippen molar-refractivity contribution in [3.05, 3.63) is 39.7 Å². The molecule has 6 heteroatoms. The molecule has 1 heterocycles. The zero-order valence-corrected chi connectivity index (χ0v) is 16.1. The predicted molar refractivity (Wildman–Crippen MR) is 102 cm³/mol. The molecule has 0 aliphatic rings. The van der Waals surface area contributed by atoms with Crippen molar-refractivity contribution in [2.24, 2.45) is 0 Å². The van der Waals surface area contributed by atoms with Gasteiger partial charge in [0, 0.05) is 21.8 Å². The van der Waals surface area contributed by atoms with Gasteiger partial charge in [-0.3, -0.25) is 4.79 Å². The maximum absolute atomic E-state index is 12.2.